The zero-order valence-electron chi connectivity index (χ0n) is 11.8. The molecule has 108 valence electrons. The molecule has 19 heavy (non-hydrogen) atoms. The zero-order valence-corrected chi connectivity index (χ0v) is 12.7. The fraction of sp³-hybridized carbons (Fsp3) is 0.643. The van der Waals surface area contributed by atoms with Crippen LogP contribution in [0.1, 0.15) is 25.1 Å². The summed E-state index contributed by atoms with van der Waals surface area (Å²) in [6, 6.07) is 4.59. The van der Waals surface area contributed by atoms with Gasteiger partial charge in [0.15, 0.2) is 6.10 Å². The second-order valence-electron chi connectivity index (χ2n) is 4.68. The number of likely N-dealkylation sites (N-methyl/N-ethyl adjacent to an activating group) is 1. The van der Waals surface area contributed by atoms with Crippen molar-refractivity contribution >= 4 is 17.3 Å². The summed E-state index contributed by atoms with van der Waals surface area (Å²) in [5.41, 5.74) is 0. The van der Waals surface area contributed by atoms with Crippen molar-refractivity contribution in [3.63, 3.8) is 0 Å². The molecule has 5 heteroatoms. The summed E-state index contributed by atoms with van der Waals surface area (Å²) in [4.78, 5) is 14.5. The van der Waals surface area contributed by atoms with Crippen molar-refractivity contribution in [1.82, 2.24) is 4.90 Å². The molecule has 0 radical (unpaired) electrons. The molecule has 0 saturated carbocycles. The second-order valence-corrected chi connectivity index (χ2v) is 5.72. The van der Waals surface area contributed by atoms with Crippen LogP contribution in [0.3, 0.4) is 0 Å². The minimum atomic E-state index is -0.874. The van der Waals surface area contributed by atoms with E-state index in [1.54, 1.807) is 11.3 Å². The Bertz CT molecular complexity index is 367. The van der Waals surface area contributed by atoms with Gasteiger partial charge >= 0.3 is 5.97 Å². The molecule has 0 amide bonds. The topological polar surface area (TPSA) is 49.8 Å². The van der Waals surface area contributed by atoms with Crippen molar-refractivity contribution in [2.75, 3.05) is 20.2 Å². The van der Waals surface area contributed by atoms with Gasteiger partial charge in [0.2, 0.25) is 0 Å². The van der Waals surface area contributed by atoms with Gasteiger partial charge in [-0.3, -0.25) is 0 Å². The van der Waals surface area contributed by atoms with Gasteiger partial charge in [0.25, 0.3) is 0 Å². The minimum absolute atomic E-state index is 0.398. The van der Waals surface area contributed by atoms with Crippen LogP contribution in [0.25, 0.3) is 0 Å². The number of ether oxygens (including phenoxy) is 1. The highest BCUT2D eigenvalue weighted by atomic mass is 32.1. The third kappa shape index (κ3) is 5.72. The molecule has 1 N–H and O–H groups in total. The summed E-state index contributed by atoms with van der Waals surface area (Å²) in [6.07, 6.45) is 0.830. The van der Waals surface area contributed by atoms with E-state index in [-0.39, 0.29) is 0 Å². The van der Waals surface area contributed by atoms with Gasteiger partial charge < -0.3 is 14.7 Å². The predicted octanol–water partition coefficient (Wildman–Crippen LogP) is 2.49. The number of hydrogen-bond donors (Lipinski definition) is 1. The minimum Gasteiger partial charge on any atom is -0.479 e. The lowest BCUT2D eigenvalue weighted by Crippen LogP contribution is -2.35. The van der Waals surface area contributed by atoms with Gasteiger partial charge in [-0.1, -0.05) is 6.07 Å². The fourth-order valence-electron chi connectivity index (χ4n) is 1.90. The van der Waals surface area contributed by atoms with Gasteiger partial charge in [0.1, 0.15) is 0 Å². The van der Waals surface area contributed by atoms with Gasteiger partial charge in [-0.2, -0.15) is 0 Å². The van der Waals surface area contributed by atoms with Crippen LogP contribution < -0.4 is 0 Å². The lowest BCUT2D eigenvalue weighted by molar-refractivity contribution is -0.150. The van der Waals surface area contributed by atoms with Crippen LogP contribution in [0.15, 0.2) is 17.5 Å². The lowest BCUT2D eigenvalue weighted by atomic mass is 10.1. The summed E-state index contributed by atoms with van der Waals surface area (Å²) < 4.78 is 5.22. The van der Waals surface area contributed by atoms with Gasteiger partial charge in [-0.15, -0.1) is 11.3 Å². The highest BCUT2D eigenvalue weighted by Gasteiger charge is 2.19. The number of nitrogens with zero attached hydrogens (tertiary/aromatic N) is 1. The molecule has 0 saturated heterocycles. The average molecular weight is 285 g/mol. The monoisotopic (exact) mass is 285 g/mol. The van der Waals surface area contributed by atoms with Crippen molar-refractivity contribution in [1.29, 1.82) is 0 Å². The Kier molecular flexibility index (Phi) is 7.05. The molecule has 0 aliphatic heterocycles. The number of carbonyl (C=O) groups is 1. The van der Waals surface area contributed by atoms with Crippen molar-refractivity contribution in [3.05, 3.63) is 22.4 Å². The predicted molar refractivity (Wildman–Crippen MR) is 77.8 cm³/mol. The number of carboxylic acids is 1. The maximum atomic E-state index is 11.0. The maximum absolute atomic E-state index is 11.0. The molecule has 0 aliphatic carbocycles. The van der Waals surface area contributed by atoms with Crippen LogP contribution in [0.5, 0.6) is 0 Å². The Hall–Kier alpha value is -0.910. The van der Waals surface area contributed by atoms with E-state index in [1.807, 2.05) is 14.0 Å². The summed E-state index contributed by atoms with van der Waals surface area (Å²) in [6.45, 7) is 5.14. The Balaban J connectivity index is 2.36. The first kappa shape index (κ1) is 16.1. The van der Waals surface area contributed by atoms with Gasteiger partial charge in [-0.25, -0.2) is 4.79 Å². The highest BCUT2D eigenvalue weighted by molar-refractivity contribution is 7.09. The van der Waals surface area contributed by atoms with Crippen molar-refractivity contribution in [3.8, 4) is 0 Å². The molecule has 4 nitrogen and oxygen atoms in total. The number of rotatable bonds is 9. The third-order valence-electron chi connectivity index (χ3n) is 3.22. The quantitative estimate of drug-likeness (QED) is 0.757. The summed E-state index contributed by atoms with van der Waals surface area (Å²) >= 11 is 1.76. The Morgan fingerprint density at radius 2 is 2.32 bits per heavy atom. The van der Waals surface area contributed by atoms with E-state index in [9.17, 15) is 4.79 Å². The van der Waals surface area contributed by atoms with Gasteiger partial charge in [0, 0.05) is 24.1 Å². The number of carboxylic acid groups (broad SMARTS) is 1. The molecule has 1 rings (SSSR count). The molecule has 1 heterocycles. The molecule has 1 aromatic heterocycles. The molecule has 2 atom stereocenters. The molecule has 2 unspecified atom stereocenters. The first-order valence-corrected chi connectivity index (χ1v) is 7.49. The van der Waals surface area contributed by atoms with Crippen LogP contribution in [0.4, 0.5) is 0 Å². The van der Waals surface area contributed by atoms with E-state index < -0.39 is 12.1 Å². The summed E-state index contributed by atoms with van der Waals surface area (Å²) in [5, 5.41) is 11.1. The van der Waals surface area contributed by atoms with Crippen LogP contribution in [0.2, 0.25) is 0 Å². The largest absolute Gasteiger partial charge is 0.479 e. The van der Waals surface area contributed by atoms with E-state index in [4.69, 9.17) is 9.84 Å². The van der Waals surface area contributed by atoms with Crippen LogP contribution in [-0.4, -0.2) is 48.3 Å². The third-order valence-corrected chi connectivity index (χ3v) is 4.12. The Labute approximate surface area is 119 Å². The van der Waals surface area contributed by atoms with Crippen LogP contribution in [0, 0.1) is 0 Å². The number of thiophene rings is 1. The van der Waals surface area contributed by atoms with Crippen molar-refractivity contribution in [2.45, 2.75) is 38.8 Å². The van der Waals surface area contributed by atoms with Crippen molar-refractivity contribution in [2.24, 2.45) is 0 Å². The fourth-order valence-corrected chi connectivity index (χ4v) is 2.72. The average Bonchev–Trinajstić information content (AvgIpc) is 2.86. The smallest absolute Gasteiger partial charge is 0.332 e. The van der Waals surface area contributed by atoms with E-state index in [0.29, 0.717) is 19.1 Å². The first-order chi connectivity index (χ1) is 9.04. The molecular weight excluding hydrogens is 262 g/mol. The lowest BCUT2D eigenvalue weighted by Gasteiger charge is -2.25. The van der Waals surface area contributed by atoms with E-state index in [0.717, 1.165) is 13.0 Å². The van der Waals surface area contributed by atoms with Gasteiger partial charge in [0.05, 0.1) is 0 Å². The molecular formula is C14H23NO3S. The SMILES string of the molecule is CCOC(CCN(C)C(C)Cc1cccs1)C(=O)O. The molecule has 0 aromatic carbocycles. The van der Waals surface area contributed by atoms with E-state index >= 15 is 0 Å². The highest BCUT2D eigenvalue weighted by Crippen LogP contribution is 2.14. The van der Waals surface area contributed by atoms with Gasteiger partial charge in [-0.05, 0) is 45.2 Å². The van der Waals surface area contributed by atoms with E-state index in [1.165, 1.54) is 4.88 Å². The molecule has 0 bridgehead atoms. The maximum Gasteiger partial charge on any atom is 0.332 e. The molecule has 0 aliphatic rings. The van der Waals surface area contributed by atoms with Crippen molar-refractivity contribution < 1.29 is 14.6 Å². The Morgan fingerprint density at radius 3 is 2.84 bits per heavy atom. The normalized spacial score (nSPS) is 14.5. The summed E-state index contributed by atoms with van der Waals surface area (Å²) in [7, 11) is 2.03. The second kappa shape index (κ2) is 8.30. The summed E-state index contributed by atoms with van der Waals surface area (Å²) in [5.74, 6) is -0.874. The number of aliphatic carboxylic acids is 1. The Morgan fingerprint density at radius 1 is 1.58 bits per heavy atom. The van der Waals surface area contributed by atoms with E-state index in [2.05, 4.69) is 29.3 Å². The molecule has 0 spiro atoms. The van der Waals surface area contributed by atoms with Crippen LogP contribution in [-0.2, 0) is 16.0 Å². The molecule has 1 aromatic rings. The first-order valence-electron chi connectivity index (χ1n) is 6.61. The number of hydrogen-bond acceptors (Lipinski definition) is 4. The standard InChI is InChI=1S/C14H23NO3S/c1-4-18-13(14(16)17)7-8-15(3)11(2)10-12-6-5-9-19-12/h5-6,9,11,13H,4,7-8,10H2,1-3H3,(H,16,17). The van der Waals surface area contributed by atoms with Crippen LogP contribution >= 0.6 is 11.3 Å². The zero-order chi connectivity index (χ0) is 14.3. The molecule has 0 fully saturated rings.